The van der Waals surface area contributed by atoms with Gasteiger partial charge in [0.25, 0.3) is 0 Å². The third-order valence-corrected chi connectivity index (χ3v) is 3.17. The van der Waals surface area contributed by atoms with Crippen molar-refractivity contribution in [2.24, 2.45) is 7.05 Å². The van der Waals surface area contributed by atoms with E-state index < -0.39 is 0 Å². The van der Waals surface area contributed by atoms with Crippen LogP contribution in [0.5, 0.6) is 5.75 Å². The van der Waals surface area contributed by atoms with Gasteiger partial charge in [-0.1, -0.05) is 18.2 Å². The van der Waals surface area contributed by atoms with Gasteiger partial charge in [0.05, 0.1) is 18.8 Å². The number of aromatic nitrogens is 2. The highest BCUT2D eigenvalue weighted by molar-refractivity contribution is 5.40. The fraction of sp³-hybridized carbons (Fsp3) is 0.357. The first-order valence-electron chi connectivity index (χ1n) is 5.98. The zero-order valence-corrected chi connectivity index (χ0v) is 11.3. The molecule has 0 aliphatic heterocycles. The highest BCUT2D eigenvalue weighted by Crippen LogP contribution is 2.29. The zero-order valence-electron chi connectivity index (χ0n) is 11.3. The molecule has 0 aliphatic rings. The van der Waals surface area contributed by atoms with E-state index in [0.717, 1.165) is 22.7 Å². The van der Waals surface area contributed by atoms with Gasteiger partial charge in [0.2, 0.25) is 0 Å². The number of benzene rings is 1. The maximum atomic E-state index is 5.41. The lowest BCUT2D eigenvalue weighted by Crippen LogP contribution is -2.19. The van der Waals surface area contributed by atoms with Gasteiger partial charge in [-0.15, -0.1) is 0 Å². The molecule has 0 fully saturated rings. The van der Waals surface area contributed by atoms with Crippen LogP contribution in [0.2, 0.25) is 0 Å². The molecule has 2 rings (SSSR count). The molecule has 2 aromatic rings. The third kappa shape index (κ3) is 2.24. The second-order valence-corrected chi connectivity index (χ2v) is 4.30. The number of hydrogen-bond donors (Lipinski definition) is 1. The van der Waals surface area contributed by atoms with Crippen molar-refractivity contribution in [3.8, 4) is 5.75 Å². The fourth-order valence-corrected chi connectivity index (χ4v) is 2.10. The molecule has 0 aliphatic carbocycles. The molecule has 0 amide bonds. The molecule has 18 heavy (non-hydrogen) atoms. The van der Waals surface area contributed by atoms with Crippen molar-refractivity contribution < 1.29 is 4.74 Å². The van der Waals surface area contributed by atoms with Crippen LogP contribution in [0.25, 0.3) is 0 Å². The second-order valence-electron chi connectivity index (χ2n) is 4.30. The first kappa shape index (κ1) is 12.6. The van der Waals surface area contributed by atoms with Crippen molar-refractivity contribution in [2.75, 3.05) is 14.2 Å². The number of para-hydroxylation sites is 1. The van der Waals surface area contributed by atoms with Crippen molar-refractivity contribution in [3.05, 3.63) is 47.3 Å². The summed E-state index contributed by atoms with van der Waals surface area (Å²) in [6.45, 7) is 2.05. The molecule has 1 aromatic heterocycles. The SMILES string of the molecule is CNC(c1cc(C)n(C)n1)c1ccccc1OC. The average Bonchev–Trinajstić information content (AvgIpc) is 2.71. The van der Waals surface area contributed by atoms with Crippen LogP contribution in [-0.2, 0) is 7.05 Å². The lowest BCUT2D eigenvalue weighted by atomic mass is 10.0. The Bertz CT molecular complexity index is 514. The van der Waals surface area contributed by atoms with Crippen LogP contribution in [0.3, 0.4) is 0 Å². The Labute approximate surface area is 108 Å². The Kier molecular flexibility index (Phi) is 3.67. The minimum atomic E-state index is 0.0426. The third-order valence-electron chi connectivity index (χ3n) is 3.17. The summed E-state index contributed by atoms with van der Waals surface area (Å²) < 4.78 is 7.30. The number of rotatable bonds is 4. The highest BCUT2D eigenvalue weighted by Gasteiger charge is 2.19. The van der Waals surface area contributed by atoms with Crippen molar-refractivity contribution in [1.82, 2.24) is 15.1 Å². The largest absolute Gasteiger partial charge is 0.496 e. The lowest BCUT2D eigenvalue weighted by molar-refractivity contribution is 0.405. The van der Waals surface area contributed by atoms with Crippen LogP contribution < -0.4 is 10.1 Å². The molecule has 1 heterocycles. The topological polar surface area (TPSA) is 39.1 Å². The number of hydrogen-bond acceptors (Lipinski definition) is 3. The van der Waals surface area contributed by atoms with Gasteiger partial charge in [-0.05, 0) is 26.1 Å². The molecule has 0 saturated carbocycles. The Morgan fingerprint density at radius 3 is 2.61 bits per heavy atom. The van der Waals surface area contributed by atoms with Crippen molar-refractivity contribution in [3.63, 3.8) is 0 Å². The number of ether oxygens (including phenoxy) is 1. The standard InChI is InChI=1S/C14H19N3O/c1-10-9-12(16-17(10)3)14(15-2)11-7-5-6-8-13(11)18-4/h5-9,14-15H,1-4H3. The number of nitrogens with one attached hydrogen (secondary N) is 1. The monoisotopic (exact) mass is 245 g/mol. The molecule has 0 radical (unpaired) electrons. The van der Waals surface area contributed by atoms with Gasteiger partial charge >= 0.3 is 0 Å². The minimum Gasteiger partial charge on any atom is -0.496 e. The van der Waals surface area contributed by atoms with Crippen LogP contribution in [0.15, 0.2) is 30.3 Å². The van der Waals surface area contributed by atoms with Gasteiger partial charge < -0.3 is 10.1 Å². The summed E-state index contributed by atoms with van der Waals surface area (Å²) in [6, 6.07) is 10.1. The van der Waals surface area contributed by atoms with Gasteiger partial charge in [0.15, 0.2) is 0 Å². The highest BCUT2D eigenvalue weighted by atomic mass is 16.5. The van der Waals surface area contributed by atoms with Crippen molar-refractivity contribution in [2.45, 2.75) is 13.0 Å². The van der Waals surface area contributed by atoms with Gasteiger partial charge in [-0.2, -0.15) is 5.10 Å². The Morgan fingerprint density at radius 2 is 2.06 bits per heavy atom. The van der Waals surface area contributed by atoms with E-state index in [1.54, 1.807) is 7.11 Å². The van der Waals surface area contributed by atoms with Crippen LogP contribution in [-0.4, -0.2) is 23.9 Å². The summed E-state index contributed by atoms with van der Waals surface area (Å²) in [4.78, 5) is 0. The lowest BCUT2D eigenvalue weighted by Gasteiger charge is -2.17. The van der Waals surface area contributed by atoms with E-state index in [0.29, 0.717) is 0 Å². The molecule has 0 bridgehead atoms. The quantitative estimate of drug-likeness (QED) is 0.896. The van der Waals surface area contributed by atoms with Crippen LogP contribution in [0, 0.1) is 6.92 Å². The molecule has 4 heteroatoms. The van der Waals surface area contributed by atoms with Gasteiger partial charge in [-0.25, -0.2) is 0 Å². The molecule has 4 nitrogen and oxygen atoms in total. The van der Waals surface area contributed by atoms with E-state index in [9.17, 15) is 0 Å². The van der Waals surface area contributed by atoms with E-state index in [-0.39, 0.29) is 6.04 Å². The fourth-order valence-electron chi connectivity index (χ4n) is 2.10. The summed E-state index contributed by atoms with van der Waals surface area (Å²) >= 11 is 0. The zero-order chi connectivity index (χ0) is 13.1. The van der Waals surface area contributed by atoms with E-state index in [2.05, 4.69) is 22.5 Å². The van der Waals surface area contributed by atoms with Crippen molar-refractivity contribution >= 4 is 0 Å². The Balaban J connectivity index is 2.45. The molecule has 1 N–H and O–H groups in total. The molecule has 1 aromatic carbocycles. The predicted molar refractivity (Wildman–Crippen MR) is 71.8 cm³/mol. The van der Waals surface area contributed by atoms with Gasteiger partial charge in [-0.3, -0.25) is 4.68 Å². The predicted octanol–water partition coefficient (Wildman–Crippen LogP) is 2.05. The van der Waals surface area contributed by atoms with E-state index >= 15 is 0 Å². The average molecular weight is 245 g/mol. The number of aryl methyl sites for hydroxylation is 2. The number of methoxy groups -OCH3 is 1. The smallest absolute Gasteiger partial charge is 0.124 e. The van der Waals surface area contributed by atoms with Crippen LogP contribution in [0.4, 0.5) is 0 Å². The first-order chi connectivity index (χ1) is 8.67. The molecule has 0 saturated heterocycles. The summed E-state index contributed by atoms with van der Waals surface area (Å²) in [5.74, 6) is 0.875. The molecular weight excluding hydrogens is 226 g/mol. The van der Waals surface area contributed by atoms with Gasteiger partial charge in [0, 0.05) is 18.3 Å². The molecule has 1 unspecified atom stereocenters. The first-order valence-corrected chi connectivity index (χ1v) is 5.98. The summed E-state index contributed by atoms with van der Waals surface area (Å²) in [5, 5.41) is 7.83. The molecular formula is C14H19N3O. The molecule has 1 atom stereocenters. The van der Waals surface area contributed by atoms with Crippen molar-refractivity contribution in [1.29, 1.82) is 0 Å². The van der Waals surface area contributed by atoms with E-state index in [1.165, 1.54) is 0 Å². The summed E-state index contributed by atoms with van der Waals surface area (Å²) in [7, 11) is 5.57. The Morgan fingerprint density at radius 1 is 1.33 bits per heavy atom. The number of nitrogens with zero attached hydrogens (tertiary/aromatic N) is 2. The van der Waals surface area contributed by atoms with Crippen LogP contribution in [0.1, 0.15) is 23.0 Å². The van der Waals surface area contributed by atoms with E-state index in [1.807, 2.05) is 43.9 Å². The normalized spacial score (nSPS) is 12.4. The summed E-state index contributed by atoms with van der Waals surface area (Å²) in [5.41, 5.74) is 3.24. The van der Waals surface area contributed by atoms with E-state index in [4.69, 9.17) is 4.74 Å². The molecule has 96 valence electrons. The Hall–Kier alpha value is -1.81. The minimum absolute atomic E-state index is 0.0426. The summed E-state index contributed by atoms with van der Waals surface area (Å²) in [6.07, 6.45) is 0. The second kappa shape index (κ2) is 5.23. The van der Waals surface area contributed by atoms with Crippen LogP contribution >= 0.6 is 0 Å². The maximum Gasteiger partial charge on any atom is 0.124 e. The van der Waals surface area contributed by atoms with Gasteiger partial charge in [0.1, 0.15) is 5.75 Å². The molecule has 0 spiro atoms. The maximum absolute atomic E-state index is 5.41.